The van der Waals surface area contributed by atoms with Crippen LogP contribution in [0.3, 0.4) is 0 Å². The van der Waals surface area contributed by atoms with Crippen molar-refractivity contribution >= 4 is 11.5 Å². The molecule has 0 atom stereocenters. The third-order valence-corrected chi connectivity index (χ3v) is 1.22. The number of H-pyrrole nitrogens is 1. The number of anilines is 2. The normalized spacial score (nSPS) is 8.92. The lowest BCUT2D eigenvalue weighted by Crippen LogP contribution is -2.14. The predicted octanol–water partition coefficient (Wildman–Crippen LogP) is -0.603. The average Bonchev–Trinajstić information content (AvgIpc) is 2.03. The smallest absolute Gasteiger partial charge is 0.346 e. The van der Waals surface area contributed by atoms with Gasteiger partial charge in [-0.2, -0.15) is 4.98 Å². The summed E-state index contributed by atoms with van der Waals surface area (Å²) in [6.07, 6.45) is 6.44. The van der Waals surface area contributed by atoms with Crippen LogP contribution in [0.4, 0.5) is 11.5 Å². The topological polar surface area (TPSA) is 83.8 Å². The highest BCUT2D eigenvalue weighted by molar-refractivity contribution is 5.59. The quantitative estimate of drug-likeness (QED) is 0.509. The lowest BCUT2D eigenvalue weighted by Gasteiger charge is -2.02. The van der Waals surface area contributed by atoms with Crippen molar-refractivity contribution in [2.24, 2.45) is 0 Å². The van der Waals surface area contributed by atoms with Crippen LogP contribution in [0, 0.1) is 12.3 Å². The molecule has 0 spiro atoms. The van der Waals surface area contributed by atoms with E-state index < -0.39 is 5.69 Å². The number of aromatic nitrogens is 2. The van der Waals surface area contributed by atoms with Gasteiger partial charge in [-0.25, -0.2) is 4.79 Å². The van der Waals surface area contributed by atoms with Crippen molar-refractivity contribution in [1.29, 1.82) is 0 Å². The number of nitrogen functional groups attached to an aromatic ring is 1. The number of nitrogens with two attached hydrogens (primary N) is 1. The van der Waals surface area contributed by atoms with Gasteiger partial charge in [0.25, 0.3) is 0 Å². The van der Waals surface area contributed by atoms with E-state index in [1.54, 1.807) is 0 Å². The summed E-state index contributed by atoms with van der Waals surface area (Å²) in [4.78, 5) is 16.4. The van der Waals surface area contributed by atoms with Gasteiger partial charge in [-0.05, 0) is 0 Å². The number of rotatable bonds is 2. The fraction of sp³-hybridized carbons (Fsp3) is 0.143. The molecule has 0 aromatic carbocycles. The van der Waals surface area contributed by atoms with Crippen LogP contribution < -0.4 is 16.7 Å². The molecule has 12 heavy (non-hydrogen) atoms. The van der Waals surface area contributed by atoms with E-state index in [4.69, 9.17) is 12.2 Å². The second-order valence-corrected chi connectivity index (χ2v) is 2.06. The van der Waals surface area contributed by atoms with Gasteiger partial charge in [0.1, 0.15) is 0 Å². The molecule has 0 aliphatic carbocycles. The monoisotopic (exact) mass is 164 g/mol. The number of nitrogens with zero attached hydrogens (tertiary/aromatic N) is 1. The Kier molecular flexibility index (Phi) is 2.33. The zero-order valence-electron chi connectivity index (χ0n) is 6.29. The van der Waals surface area contributed by atoms with Gasteiger partial charge in [-0.1, -0.05) is 5.92 Å². The second kappa shape index (κ2) is 3.44. The van der Waals surface area contributed by atoms with E-state index in [1.807, 2.05) is 0 Å². The largest absolute Gasteiger partial charge is 0.382 e. The molecule has 0 amide bonds. The van der Waals surface area contributed by atoms with Gasteiger partial charge in [-0.3, -0.25) is 0 Å². The molecule has 1 aromatic heterocycles. The molecule has 62 valence electrons. The van der Waals surface area contributed by atoms with E-state index in [9.17, 15) is 4.79 Å². The van der Waals surface area contributed by atoms with E-state index in [1.165, 1.54) is 6.20 Å². The average molecular weight is 164 g/mol. The molecule has 0 radical (unpaired) electrons. The Hall–Kier alpha value is -1.96. The molecule has 1 aromatic rings. The number of nitrogens with one attached hydrogen (secondary N) is 2. The van der Waals surface area contributed by atoms with Crippen LogP contribution in [-0.2, 0) is 0 Å². The Bertz CT molecular complexity index is 362. The summed E-state index contributed by atoms with van der Waals surface area (Å²) in [6.45, 7) is 0.345. The SMILES string of the molecule is C#CCNc1c[nH]c(=O)nc1N. The zero-order valence-corrected chi connectivity index (χ0v) is 6.29. The summed E-state index contributed by atoms with van der Waals surface area (Å²) in [6, 6.07) is 0. The maximum atomic E-state index is 10.6. The van der Waals surface area contributed by atoms with Crippen molar-refractivity contribution in [3.8, 4) is 12.3 Å². The minimum Gasteiger partial charge on any atom is -0.382 e. The fourth-order valence-corrected chi connectivity index (χ4v) is 0.698. The minimum atomic E-state index is -0.473. The molecule has 1 heterocycles. The Morgan fingerprint density at radius 3 is 3.17 bits per heavy atom. The van der Waals surface area contributed by atoms with Crippen LogP contribution in [0.2, 0.25) is 0 Å². The molecule has 5 heteroatoms. The van der Waals surface area contributed by atoms with Gasteiger partial charge in [0.05, 0.1) is 12.2 Å². The van der Waals surface area contributed by atoms with Crippen LogP contribution in [0.1, 0.15) is 0 Å². The van der Waals surface area contributed by atoms with Gasteiger partial charge in [0.15, 0.2) is 5.82 Å². The molecule has 0 aliphatic rings. The van der Waals surface area contributed by atoms with Crippen molar-refractivity contribution in [2.45, 2.75) is 0 Å². The van der Waals surface area contributed by atoms with Crippen LogP contribution in [0.25, 0.3) is 0 Å². The van der Waals surface area contributed by atoms with Gasteiger partial charge >= 0.3 is 5.69 Å². The van der Waals surface area contributed by atoms with E-state index >= 15 is 0 Å². The van der Waals surface area contributed by atoms with Crippen molar-refractivity contribution in [1.82, 2.24) is 9.97 Å². The van der Waals surface area contributed by atoms with Gasteiger partial charge < -0.3 is 16.0 Å². The van der Waals surface area contributed by atoms with Gasteiger partial charge in [-0.15, -0.1) is 6.42 Å². The molecular weight excluding hydrogens is 156 g/mol. The summed E-state index contributed by atoms with van der Waals surface area (Å²) < 4.78 is 0. The lowest BCUT2D eigenvalue weighted by molar-refractivity contribution is 1.08. The second-order valence-electron chi connectivity index (χ2n) is 2.06. The first-order valence-corrected chi connectivity index (χ1v) is 3.26. The van der Waals surface area contributed by atoms with Crippen molar-refractivity contribution in [3.05, 3.63) is 16.7 Å². The number of terminal acetylenes is 1. The maximum absolute atomic E-state index is 10.6. The number of hydrogen-bond donors (Lipinski definition) is 3. The van der Waals surface area contributed by atoms with E-state index in [0.29, 0.717) is 12.2 Å². The van der Waals surface area contributed by atoms with Crippen LogP contribution in [-0.4, -0.2) is 16.5 Å². The molecule has 5 nitrogen and oxygen atoms in total. The number of aromatic amines is 1. The van der Waals surface area contributed by atoms with Gasteiger partial charge in [0.2, 0.25) is 0 Å². The third-order valence-electron chi connectivity index (χ3n) is 1.22. The molecule has 1 rings (SSSR count). The first kappa shape index (κ1) is 8.14. The molecule has 0 saturated heterocycles. The van der Waals surface area contributed by atoms with Crippen molar-refractivity contribution in [2.75, 3.05) is 17.6 Å². The van der Waals surface area contributed by atoms with E-state index in [0.717, 1.165) is 0 Å². The molecule has 0 fully saturated rings. The number of hydrogen-bond acceptors (Lipinski definition) is 4. The van der Waals surface area contributed by atoms with Crippen LogP contribution in [0.15, 0.2) is 11.0 Å². The summed E-state index contributed by atoms with van der Waals surface area (Å²) in [5.74, 6) is 2.52. The van der Waals surface area contributed by atoms with Crippen LogP contribution in [0.5, 0.6) is 0 Å². The predicted molar refractivity (Wildman–Crippen MR) is 46.6 cm³/mol. The summed E-state index contributed by atoms with van der Waals surface area (Å²) in [5.41, 5.74) is 5.46. The first-order valence-electron chi connectivity index (χ1n) is 3.26. The third kappa shape index (κ3) is 1.76. The Balaban J connectivity index is 2.88. The molecule has 0 saturated carbocycles. The molecule has 4 N–H and O–H groups in total. The molecule has 0 aliphatic heterocycles. The summed E-state index contributed by atoms with van der Waals surface area (Å²) in [7, 11) is 0. The zero-order chi connectivity index (χ0) is 8.97. The highest BCUT2D eigenvalue weighted by atomic mass is 16.1. The highest BCUT2D eigenvalue weighted by Gasteiger charge is 1.97. The molecular formula is C7H8N4O. The van der Waals surface area contributed by atoms with E-state index in [2.05, 4.69) is 21.2 Å². The Morgan fingerprint density at radius 2 is 2.58 bits per heavy atom. The lowest BCUT2D eigenvalue weighted by atomic mass is 10.4. The minimum absolute atomic E-state index is 0.147. The summed E-state index contributed by atoms with van der Waals surface area (Å²) >= 11 is 0. The van der Waals surface area contributed by atoms with Gasteiger partial charge in [0, 0.05) is 6.20 Å². The standard InChI is InChI=1S/C7H8N4O/c1-2-3-9-5-4-10-7(12)11-6(5)8/h1,4,9H,3H2,(H3,8,10,11,12). The molecule has 0 unspecified atom stereocenters. The first-order chi connectivity index (χ1) is 5.74. The van der Waals surface area contributed by atoms with Crippen molar-refractivity contribution in [3.63, 3.8) is 0 Å². The van der Waals surface area contributed by atoms with Crippen LogP contribution >= 0.6 is 0 Å². The summed E-state index contributed by atoms with van der Waals surface area (Å²) in [5, 5.41) is 2.80. The Morgan fingerprint density at radius 1 is 1.83 bits per heavy atom. The maximum Gasteiger partial charge on any atom is 0.346 e. The fourth-order valence-electron chi connectivity index (χ4n) is 0.698. The van der Waals surface area contributed by atoms with Crippen molar-refractivity contribution < 1.29 is 0 Å². The Labute approximate surface area is 69.0 Å². The highest BCUT2D eigenvalue weighted by Crippen LogP contribution is 2.08. The molecule has 0 bridgehead atoms. The van der Waals surface area contributed by atoms with E-state index in [-0.39, 0.29) is 5.82 Å².